The summed E-state index contributed by atoms with van der Waals surface area (Å²) in [6.07, 6.45) is 3.20. The highest BCUT2D eigenvalue weighted by molar-refractivity contribution is 14.0. The first-order chi connectivity index (χ1) is 13.1. The van der Waals surface area contributed by atoms with Crippen LogP contribution in [0.15, 0.2) is 16.4 Å². The second kappa shape index (κ2) is 13.4. The van der Waals surface area contributed by atoms with Crippen molar-refractivity contribution in [1.82, 2.24) is 20.4 Å². The molecule has 1 unspecified atom stereocenters. The van der Waals surface area contributed by atoms with Crippen LogP contribution in [0.25, 0.3) is 0 Å². The van der Waals surface area contributed by atoms with Crippen LogP contribution in [0.1, 0.15) is 44.1 Å². The Morgan fingerprint density at radius 2 is 2.14 bits per heavy atom. The van der Waals surface area contributed by atoms with Crippen molar-refractivity contribution in [1.29, 1.82) is 0 Å². The summed E-state index contributed by atoms with van der Waals surface area (Å²) < 4.78 is 0. The van der Waals surface area contributed by atoms with Crippen molar-refractivity contribution in [2.75, 3.05) is 39.8 Å². The van der Waals surface area contributed by atoms with Crippen LogP contribution in [0, 0.1) is 0 Å². The number of nitrogens with zero attached hydrogens (tertiary/aromatic N) is 3. The molecule has 28 heavy (non-hydrogen) atoms. The van der Waals surface area contributed by atoms with Crippen molar-refractivity contribution >= 4 is 47.2 Å². The highest BCUT2D eigenvalue weighted by Crippen LogP contribution is 2.23. The van der Waals surface area contributed by atoms with E-state index in [1.54, 1.807) is 18.4 Å². The first-order valence-corrected chi connectivity index (χ1v) is 11.0. The lowest BCUT2D eigenvalue weighted by Crippen LogP contribution is -2.47. The maximum absolute atomic E-state index is 12.5. The van der Waals surface area contributed by atoms with Gasteiger partial charge in [-0.1, -0.05) is 13.8 Å². The van der Waals surface area contributed by atoms with Gasteiger partial charge in [0.2, 0.25) is 5.91 Å². The van der Waals surface area contributed by atoms with E-state index in [1.807, 2.05) is 4.90 Å². The van der Waals surface area contributed by atoms with E-state index in [-0.39, 0.29) is 36.4 Å². The van der Waals surface area contributed by atoms with Gasteiger partial charge in [0.1, 0.15) is 0 Å². The number of carbonyl (C=O) groups excluding carboxylic acids is 1. The van der Waals surface area contributed by atoms with E-state index >= 15 is 0 Å². The van der Waals surface area contributed by atoms with Crippen LogP contribution < -0.4 is 10.6 Å². The first kappa shape index (κ1) is 25.2. The predicted octanol–water partition coefficient (Wildman–Crippen LogP) is 2.93. The number of guanidine groups is 1. The Morgan fingerprint density at radius 1 is 1.39 bits per heavy atom. The average molecular weight is 522 g/mol. The van der Waals surface area contributed by atoms with E-state index in [4.69, 9.17) is 0 Å². The molecule has 0 fully saturated rings. The average Bonchev–Trinajstić information content (AvgIpc) is 3.16. The van der Waals surface area contributed by atoms with Gasteiger partial charge in [-0.15, -0.1) is 35.3 Å². The van der Waals surface area contributed by atoms with Gasteiger partial charge in [-0.05, 0) is 62.8 Å². The van der Waals surface area contributed by atoms with Crippen molar-refractivity contribution in [2.45, 2.75) is 52.6 Å². The lowest BCUT2D eigenvalue weighted by molar-refractivity contribution is -0.130. The number of nitrogens with one attached hydrogen (secondary N) is 2. The number of amides is 1. The number of halogens is 1. The highest BCUT2D eigenvalue weighted by Gasteiger charge is 2.21. The summed E-state index contributed by atoms with van der Waals surface area (Å²) >= 11 is 1.79. The topological polar surface area (TPSA) is 60.0 Å². The highest BCUT2D eigenvalue weighted by atomic mass is 127. The Kier molecular flexibility index (Phi) is 12.0. The number of carbonyl (C=O) groups is 1. The summed E-state index contributed by atoms with van der Waals surface area (Å²) in [5.74, 6) is 0.830. The standard InChI is InChI=1S/C20H35N5OS.HI/c1-5-24(6-2)11-7-8-16(3)23-20(21-4)22-14-19(26)25-12-9-18-17(15-25)10-13-27-18;/h10,13,16H,5-9,11-12,14-15H2,1-4H3,(H2,21,22,23);1H. The van der Waals surface area contributed by atoms with Crippen molar-refractivity contribution < 1.29 is 4.79 Å². The van der Waals surface area contributed by atoms with Crippen LogP contribution in [0.5, 0.6) is 0 Å². The van der Waals surface area contributed by atoms with Crippen molar-refractivity contribution in [3.05, 3.63) is 21.9 Å². The van der Waals surface area contributed by atoms with E-state index < -0.39 is 0 Å². The number of aliphatic imine (C=N–C) groups is 1. The zero-order chi connectivity index (χ0) is 19.6. The molecule has 0 radical (unpaired) electrons. The fourth-order valence-corrected chi connectivity index (χ4v) is 4.28. The molecule has 2 heterocycles. The van der Waals surface area contributed by atoms with Crippen LogP contribution in [-0.4, -0.2) is 67.5 Å². The monoisotopic (exact) mass is 521 g/mol. The minimum atomic E-state index is 0. The molecule has 0 aromatic carbocycles. The van der Waals surface area contributed by atoms with E-state index in [9.17, 15) is 4.79 Å². The molecule has 1 aliphatic heterocycles. The van der Waals surface area contributed by atoms with E-state index in [1.165, 1.54) is 10.4 Å². The van der Waals surface area contributed by atoms with Crippen LogP contribution >= 0.6 is 35.3 Å². The van der Waals surface area contributed by atoms with E-state index in [0.29, 0.717) is 12.0 Å². The molecule has 6 nitrogen and oxygen atoms in total. The fourth-order valence-electron chi connectivity index (χ4n) is 3.39. The third kappa shape index (κ3) is 7.87. The van der Waals surface area contributed by atoms with Gasteiger partial charge in [-0.3, -0.25) is 9.79 Å². The van der Waals surface area contributed by atoms with Gasteiger partial charge in [0.15, 0.2) is 5.96 Å². The Balaban J connectivity index is 0.00000392. The second-order valence-corrected chi connectivity index (χ2v) is 8.08. The largest absolute Gasteiger partial charge is 0.354 e. The first-order valence-electron chi connectivity index (χ1n) is 10.1. The molecule has 1 atom stereocenters. The van der Waals surface area contributed by atoms with Gasteiger partial charge >= 0.3 is 0 Å². The normalized spacial score (nSPS) is 15.0. The molecule has 160 valence electrons. The summed E-state index contributed by atoms with van der Waals surface area (Å²) in [6, 6.07) is 2.46. The van der Waals surface area contributed by atoms with Crippen LogP contribution in [-0.2, 0) is 17.8 Å². The Labute approximate surface area is 191 Å². The predicted molar refractivity (Wildman–Crippen MR) is 130 cm³/mol. The molecule has 1 amide bonds. The third-order valence-electron chi connectivity index (χ3n) is 5.18. The second-order valence-electron chi connectivity index (χ2n) is 7.07. The quantitative estimate of drug-likeness (QED) is 0.298. The lowest BCUT2D eigenvalue weighted by Gasteiger charge is -2.27. The van der Waals surface area contributed by atoms with Gasteiger partial charge in [0.05, 0.1) is 6.54 Å². The van der Waals surface area contributed by atoms with Gasteiger partial charge < -0.3 is 20.4 Å². The zero-order valence-electron chi connectivity index (χ0n) is 17.7. The van der Waals surface area contributed by atoms with Crippen molar-refractivity contribution in [2.24, 2.45) is 4.99 Å². The van der Waals surface area contributed by atoms with Gasteiger partial charge in [-0.2, -0.15) is 0 Å². The molecule has 1 aromatic heterocycles. The molecule has 8 heteroatoms. The summed E-state index contributed by atoms with van der Waals surface area (Å²) in [7, 11) is 1.75. The molecular weight excluding hydrogens is 485 g/mol. The summed E-state index contributed by atoms with van der Waals surface area (Å²) in [6.45, 7) is 11.7. The van der Waals surface area contributed by atoms with Crippen LogP contribution in [0.4, 0.5) is 0 Å². The van der Waals surface area contributed by atoms with Crippen molar-refractivity contribution in [3.8, 4) is 0 Å². The van der Waals surface area contributed by atoms with Crippen LogP contribution in [0.3, 0.4) is 0 Å². The van der Waals surface area contributed by atoms with Gasteiger partial charge in [0, 0.05) is 31.1 Å². The SMILES string of the molecule is CCN(CC)CCCC(C)NC(=NC)NCC(=O)N1CCc2sccc2C1.I. The van der Waals surface area contributed by atoms with E-state index in [2.05, 4.69) is 52.7 Å². The maximum atomic E-state index is 12.5. The zero-order valence-corrected chi connectivity index (χ0v) is 20.8. The third-order valence-corrected chi connectivity index (χ3v) is 6.20. The molecule has 2 rings (SSSR count). The van der Waals surface area contributed by atoms with Gasteiger partial charge in [-0.25, -0.2) is 0 Å². The Hall–Kier alpha value is -0.870. The Bertz CT molecular complexity index is 617. The lowest BCUT2D eigenvalue weighted by atomic mass is 10.1. The molecule has 0 spiro atoms. The number of hydrogen-bond donors (Lipinski definition) is 2. The molecule has 0 saturated heterocycles. The van der Waals surface area contributed by atoms with Crippen LogP contribution in [0.2, 0.25) is 0 Å². The molecular formula is C20H36IN5OS. The number of rotatable bonds is 9. The number of fused-ring (bicyclic) bond motifs is 1. The minimum Gasteiger partial charge on any atom is -0.354 e. The fraction of sp³-hybridized carbons (Fsp3) is 0.700. The molecule has 2 N–H and O–H groups in total. The van der Waals surface area contributed by atoms with E-state index in [0.717, 1.165) is 52.0 Å². The molecule has 1 aliphatic rings. The Morgan fingerprint density at radius 3 is 2.82 bits per heavy atom. The summed E-state index contributed by atoms with van der Waals surface area (Å²) in [5, 5.41) is 8.69. The summed E-state index contributed by atoms with van der Waals surface area (Å²) in [4.78, 5) is 22.6. The molecule has 0 bridgehead atoms. The van der Waals surface area contributed by atoms with Gasteiger partial charge in [0.25, 0.3) is 0 Å². The molecule has 0 saturated carbocycles. The molecule has 1 aromatic rings. The summed E-state index contributed by atoms with van der Waals surface area (Å²) in [5.41, 5.74) is 1.30. The maximum Gasteiger partial charge on any atom is 0.242 e. The minimum absolute atomic E-state index is 0. The number of thiophene rings is 1. The molecule has 0 aliphatic carbocycles. The number of hydrogen-bond acceptors (Lipinski definition) is 4. The van der Waals surface area contributed by atoms with Crippen molar-refractivity contribution in [3.63, 3.8) is 0 Å². The smallest absolute Gasteiger partial charge is 0.242 e.